The Hall–Kier alpha value is -1.63. The van der Waals surface area contributed by atoms with Crippen molar-refractivity contribution < 1.29 is 4.57 Å². The van der Waals surface area contributed by atoms with Crippen LogP contribution in [0.3, 0.4) is 0 Å². The van der Waals surface area contributed by atoms with Gasteiger partial charge in [0.1, 0.15) is 0 Å². The van der Waals surface area contributed by atoms with Gasteiger partial charge in [-0.2, -0.15) is 4.57 Å². The Bertz CT molecular complexity index is 417. The SMILES string of the molecule is Cc1ccccc1C[n+]1ccccc1C. The van der Waals surface area contributed by atoms with Crippen molar-refractivity contribution in [2.24, 2.45) is 0 Å². The van der Waals surface area contributed by atoms with Crippen LogP contribution in [0.1, 0.15) is 16.8 Å². The number of benzene rings is 1. The van der Waals surface area contributed by atoms with Crippen LogP contribution < -0.4 is 4.57 Å². The molecule has 0 amide bonds. The van der Waals surface area contributed by atoms with Crippen molar-refractivity contribution in [3.63, 3.8) is 0 Å². The molecule has 0 saturated carbocycles. The average molecular weight is 198 g/mol. The Kier molecular flexibility index (Phi) is 2.82. The summed E-state index contributed by atoms with van der Waals surface area (Å²) in [6.07, 6.45) is 2.13. The molecule has 15 heavy (non-hydrogen) atoms. The third-order valence-corrected chi connectivity index (χ3v) is 2.77. The number of nitrogens with zero attached hydrogens (tertiary/aromatic N) is 1. The Morgan fingerprint density at radius 3 is 2.40 bits per heavy atom. The number of aryl methyl sites for hydroxylation is 2. The predicted molar refractivity (Wildman–Crippen MR) is 61.7 cm³/mol. The first-order valence-corrected chi connectivity index (χ1v) is 5.27. The van der Waals surface area contributed by atoms with Gasteiger partial charge < -0.3 is 0 Å². The molecule has 1 aromatic carbocycles. The fourth-order valence-electron chi connectivity index (χ4n) is 1.71. The second-order valence-corrected chi connectivity index (χ2v) is 3.90. The van der Waals surface area contributed by atoms with Crippen molar-refractivity contribution in [1.82, 2.24) is 0 Å². The first-order valence-electron chi connectivity index (χ1n) is 5.27. The van der Waals surface area contributed by atoms with E-state index in [1.54, 1.807) is 0 Å². The molecule has 0 atom stereocenters. The van der Waals surface area contributed by atoms with E-state index in [1.807, 2.05) is 0 Å². The number of pyridine rings is 1. The summed E-state index contributed by atoms with van der Waals surface area (Å²) >= 11 is 0. The van der Waals surface area contributed by atoms with E-state index in [0.29, 0.717) is 0 Å². The lowest BCUT2D eigenvalue weighted by molar-refractivity contribution is -0.694. The molecule has 0 fully saturated rings. The van der Waals surface area contributed by atoms with Crippen LogP contribution in [0.25, 0.3) is 0 Å². The summed E-state index contributed by atoms with van der Waals surface area (Å²) in [5.74, 6) is 0. The highest BCUT2D eigenvalue weighted by molar-refractivity contribution is 5.24. The van der Waals surface area contributed by atoms with Gasteiger partial charge in [-0.15, -0.1) is 0 Å². The molecule has 2 rings (SSSR count). The van der Waals surface area contributed by atoms with E-state index in [4.69, 9.17) is 0 Å². The fourth-order valence-corrected chi connectivity index (χ4v) is 1.71. The summed E-state index contributed by atoms with van der Waals surface area (Å²) in [6, 6.07) is 14.8. The third kappa shape index (κ3) is 2.24. The maximum atomic E-state index is 2.27. The summed E-state index contributed by atoms with van der Waals surface area (Å²) in [7, 11) is 0. The lowest BCUT2D eigenvalue weighted by Crippen LogP contribution is -2.37. The van der Waals surface area contributed by atoms with Crippen LogP contribution in [0.5, 0.6) is 0 Å². The van der Waals surface area contributed by atoms with Crippen molar-refractivity contribution in [2.45, 2.75) is 20.4 Å². The van der Waals surface area contributed by atoms with Crippen LogP contribution in [0, 0.1) is 13.8 Å². The van der Waals surface area contributed by atoms with E-state index >= 15 is 0 Å². The van der Waals surface area contributed by atoms with Gasteiger partial charge in [0.25, 0.3) is 0 Å². The Morgan fingerprint density at radius 2 is 1.67 bits per heavy atom. The van der Waals surface area contributed by atoms with Crippen molar-refractivity contribution in [3.05, 3.63) is 65.5 Å². The maximum absolute atomic E-state index is 2.27. The topological polar surface area (TPSA) is 3.88 Å². The lowest BCUT2D eigenvalue weighted by atomic mass is 10.1. The number of aromatic nitrogens is 1. The standard InChI is InChI=1S/C14H16N/c1-12-7-3-4-9-14(12)11-15-10-6-5-8-13(15)2/h3-10H,11H2,1-2H3/q+1. The minimum Gasteiger partial charge on any atom is -0.198 e. The first-order chi connectivity index (χ1) is 7.27. The Morgan fingerprint density at radius 1 is 0.933 bits per heavy atom. The summed E-state index contributed by atoms with van der Waals surface area (Å²) in [5, 5.41) is 0. The monoisotopic (exact) mass is 198 g/mol. The molecule has 0 bridgehead atoms. The van der Waals surface area contributed by atoms with E-state index in [1.165, 1.54) is 16.8 Å². The molecule has 0 saturated heterocycles. The fraction of sp³-hybridized carbons (Fsp3) is 0.214. The normalized spacial score (nSPS) is 10.3. The summed E-state index contributed by atoms with van der Waals surface area (Å²) in [5.41, 5.74) is 4.03. The molecule has 0 unspecified atom stereocenters. The Labute approximate surface area is 91.0 Å². The minimum atomic E-state index is 0.958. The zero-order valence-corrected chi connectivity index (χ0v) is 9.27. The summed E-state index contributed by atoms with van der Waals surface area (Å²) < 4.78 is 2.27. The first kappa shape index (κ1) is 9.91. The van der Waals surface area contributed by atoms with Crippen LogP contribution >= 0.6 is 0 Å². The molecule has 0 aliphatic carbocycles. The lowest BCUT2D eigenvalue weighted by Gasteiger charge is -2.03. The van der Waals surface area contributed by atoms with E-state index < -0.39 is 0 Å². The average Bonchev–Trinajstić information content (AvgIpc) is 2.24. The molecule has 0 radical (unpaired) electrons. The second kappa shape index (κ2) is 4.26. The van der Waals surface area contributed by atoms with Gasteiger partial charge in [0.15, 0.2) is 18.4 Å². The van der Waals surface area contributed by atoms with Crippen LogP contribution in [0.15, 0.2) is 48.7 Å². The molecule has 1 aromatic heterocycles. The molecule has 0 N–H and O–H groups in total. The molecule has 0 aliphatic rings. The van der Waals surface area contributed by atoms with Gasteiger partial charge in [-0.1, -0.05) is 30.3 Å². The van der Waals surface area contributed by atoms with Crippen molar-refractivity contribution in [2.75, 3.05) is 0 Å². The highest BCUT2D eigenvalue weighted by atomic mass is 14.9. The van der Waals surface area contributed by atoms with Gasteiger partial charge in [0.2, 0.25) is 0 Å². The van der Waals surface area contributed by atoms with Gasteiger partial charge in [0.05, 0.1) is 0 Å². The van der Waals surface area contributed by atoms with Crippen LogP contribution in [0.2, 0.25) is 0 Å². The number of rotatable bonds is 2. The van der Waals surface area contributed by atoms with Gasteiger partial charge in [-0.25, -0.2) is 0 Å². The minimum absolute atomic E-state index is 0.958. The maximum Gasteiger partial charge on any atom is 0.178 e. The van der Waals surface area contributed by atoms with E-state index in [0.717, 1.165) is 6.54 Å². The molecule has 1 nitrogen and oxygen atoms in total. The van der Waals surface area contributed by atoms with Gasteiger partial charge in [-0.3, -0.25) is 0 Å². The highest BCUT2D eigenvalue weighted by Gasteiger charge is 2.06. The summed E-state index contributed by atoms with van der Waals surface area (Å²) in [4.78, 5) is 0. The zero-order chi connectivity index (χ0) is 10.7. The Balaban J connectivity index is 2.30. The highest BCUT2D eigenvalue weighted by Crippen LogP contribution is 2.06. The molecule has 76 valence electrons. The third-order valence-electron chi connectivity index (χ3n) is 2.77. The van der Waals surface area contributed by atoms with Crippen LogP contribution in [0.4, 0.5) is 0 Å². The smallest absolute Gasteiger partial charge is 0.178 e. The van der Waals surface area contributed by atoms with Gasteiger partial charge in [0, 0.05) is 24.6 Å². The zero-order valence-electron chi connectivity index (χ0n) is 9.27. The molecule has 0 spiro atoms. The van der Waals surface area contributed by atoms with Crippen LogP contribution in [-0.2, 0) is 6.54 Å². The number of hydrogen-bond donors (Lipinski definition) is 0. The molecule has 1 heterocycles. The second-order valence-electron chi connectivity index (χ2n) is 3.90. The molecular weight excluding hydrogens is 182 g/mol. The molecule has 0 aliphatic heterocycles. The summed E-state index contributed by atoms with van der Waals surface area (Å²) in [6.45, 7) is 5.26. The van der Waals surface area contributed by atoms with E-state index in [-0.39, 0.29) is 0 Å². The largest absolute Gasteiger partial charge is 0.198 e. The van der Waals surface area contributed by atoms with E-state index in [9.17, 15) is 0 Å². The van der Waals surface area contributed by atoms with Gasteiger partial charge >= 0.3 is 0 Å². The molecule has 1 heteroatoms. The molecular formula is C14H16N+. The number of hydrogen-bond acceptors (Lipinski definition) is 0. The van der Waals surface area contributed by atoms with Crippen molar-refractivity contribution >= 4 is 0 Å². The quantitative estimate of drug-likeness (QED) is 0.653. The van der Waals surface area contributed by atoms with Crippen molar-refractivity contribution in [3.8, 4) is 0 Å². The van der Waals surface area contributed by atoms with Crippen molar-refractivity contribution in [1.29, 1.82) is 0 Å². The van der Waals surface area contributed by atoms with Gasteiger partial charge in [-0.05, 0) is 12.5 Å². The van der Waals surface area contributed by atoms with Crippen LogP contribution in [-0.4, -0.2) is 0 Å². The predicted octanol–water partition coefficient (Wildman–Crippen LogP) is 2.64. The molecule has 2 aromatic rings. The van der Waals surface area contributed by atoms with E-state index in [2.05, 4.69) is 67.1 Å².